The van der Waals surface area contributed by atoms with Gasteiger partial charge in [0.15, 0.2) is 5.43 Å². The molecular formula is C29H25Br2NO4. The minimum atomic E-state index is -0.625. The van der Waals surface area contributed by atoms with E-state index in [1.807, 2.05) is 48.5 Å². The molecule has 1 aromatic heterocycles. The summed E-state index contributed by atoms with van der Waals surface area (Å²) in [7, 11) is 0. The summed E-state index contributed by atoms with van der Waals surface area (Å²) in [5.41, 5.74) is 2.00. The number of benzene rings is 3. The average Bonchev–Trinajstić information content (AvgIpc) is 3.17. The highest BCUT2D eigenvalue weighted by molar-refractivity contribution is 9.10. The van der Waals surface area contributed by atoms with E-state index in [0.717, 1.165) is 33.1 Å². The lowest BCUT2D eigenvalue weighted by Gasteiger charge is -2.25. The van der Waals surface area contributed by atoms with Gasteiger partial charge in [0.1, 0.15) is 11.3 Å². The molecule has 5 nitrogen and oxygen atoms in total. The van der Waals surface area contributed by atoms with Crippen molar-refractivity contribution in [2.24, 2.45) is 0 Å². The summed E-state index contributed by atoms with van der Waals surface area (Å²) in [6.07, 6.45) is 4.55. The number of nitrogens with zero attached hydrogens (tertiary/aromatic N) is 1. The summed E-state index contributed by atoms with van der Waals surface area (Å²) < 4.78 is 13.6. The lowest BCUT2D eigenvalue weighted by atomic mass is 9.98. The van der Waals surface area contributed by atoms with Crippen LogP contribution in [0.1, 0.15) is 60.3 Å². The Bertz CT molecular complexity index is 1480. The van der Waals surface area contributed by atoms with Crippen molar-refractivity contribution in [1.82, 2.24) is 0 Å². The van der Waals surface area contributed by atoms with Gasteiger partial charge in [0.05, 0.1) is 23.6 Å². The Morgan fingerprint density at radius 2 is 1.69 bits per heavy atom. The highest BCUT2D eigenvalue weighted by Gasteiger charge is 2.43. The molecule has 0 bridgehead atoms. The van der Waals surface area contributed by atoms with Gasteiger partial charge >= 0.3 is 0 Å². The van der Waals surface area contributed by atoms with Crippen molar-refractivity contribution < 1.29 is 13.9 Å². The fraction of sp³-hybridized carbons (Fsp3) is 0.241. The van der Waals surface area contributed by atoms with Crippen molar-refractivity contribution in [2.45, 2.75) is 38.6 Å². The Kier molecular flexibility index (Phi) is 7.30. The number of rotatable bonds is 8. The minimum Gasteiger partial charge on any atom is -0.494 e. The van der Waals surface area contributed by atoms with E-state index in [4.69, 9.17) is 9.15 Å². The van der Waals surface area contributed by atoms with Crippen LogP contribution in [0.5, 0.6) is 5.75 Å². The van der Waals surface area contributed by atoms with Gasteiger partial charge in [-0.15, -0.1) is 0 Å². The van der Waals surface area contributed by atoms with Crippen LogP contribution >= 0.6 is 31.9 Å². The Morgan fingerprint density at radius 3 is 2.44 bits per heavy atom. The van der Waals surface area contributed by atoms with Gasteiger partial charge < -0.3 is 9.15 Å². The third-order valence-electron chi connectivity index (χ3n) is 6.38. The van der Waals surface area contributed by atoms with Crippen LogP contribution in [0.4, 0.5) is 5.69 Å². The molecule has 0 aliphatic carbocycles. The molecule has 0 saturated heterocycles. The third kappa shape index (κ3) is 4.74. The van der Waals surface area contributed by atoms with Crippen LogP contribution < -0.4 is 15.1 Å². The van der Waals surface area contributed by atoms with E-state index in [-0.39, 0.29) is 17.1 Å². The molecule has 1 amide bonds. The topological polar surface area (TPSA) is 59.8 Å². The minimum absolute atomic E-state index is 0.0797. The first-order valence-electron chi connectivity index (χ1n) is 12.1. The van der Waals surface area contributed by atoms with Crippen molar-refractivity contribution in [3.63, 3.8) is 0 Å². The first-order chi connectivity index (χ1) is 17.5. The zero-order valence-electron chi connectivity index (χ0n) is 19.8. The molecule has 0 radical (unpaired) electrons. The molecule has 2 heterocycles. The smallest absolute Gasteiger partial charge is 0.295 e. The molecular weight excluding hydrogens is 586 g/mol. The van der Waals surface area contributed by atoms with Crippen LogP contribution in [0.25, 0.3) is 11.0 Å². The predicted octanol–water partition coefficient (Wildman–Crippen LogP) is 8.03. The summed E-state index contributed by atoms with van der Waals surface area (Å²) in [5.74, 6) is 0.505. The van der Waals surface area contributed by atoms with Gasteiger partial charge in [-0.05, 0) is 60.5 Å². The summed E-state index contributed by atoms with van der Waals surface area (Å²) in [6.45, 7) is 2.85. The molecule has 0 saturated carbocycles. The lowest BCUT2D eigenvalue weighted by Crippen LogP contribution is -2.29. The zero-order valence-corrected chi connectivity index (χ0v) is 23.0. The highest BCUT2D eigenvalue weighted by Crippen LogP contribution is 2.42. The van der Waals surface area contributed by atoms with E-state index in [1.165, 1.54) is 12.8 Å². The van der Waals surface area contributed by atoms with E-state index in [2.05, 4.69) is 38.8 Å². The van der Waals surface area contributed by atoms with Crippen molar-refractivity contribution >= 4 is 54.4 Å². The molecule has 0 N–H and O–H groups in total. The Labute approximate surface area is 226 Å². The number of hydrogen-bond donors (Lipinski definition) is 0. The fourth-order valence-electron chi connectivity index (χ4n) is 4.62. The molecule has 7 heteroatoms. The van der Waals surface area contributed by atoms with E-state index in [1.54, 1.807) is 23.1 Å². The quantitative estimate of drug-likeness (QED) is 0.190. The first-order valence-corrected chi connectivity index (χ1v) is 13.6. The first kappa shape index (κ1) is 24.8. The maximum Gasteiger partial charge on any atom is 0.295 e. The number of unbranched alkanes of at least 4 members (excludes halogenated alkanes) is 3. The lowest BCUT2D eigenvalue weighted by molar-refractivity contribution is 0.0971. The van der Waals surface area contributed by atoms with Gasteiger partial charge in [-0.2, -0.15) is 0 Å². The van der Waals surface area contributed by atoms with Gasteiger partial charge in [-0.1, -0.05) is 76.2 Å². The summed E-state index contributed by atoms with van der Waals surface area (Å²) in [5, 5.41) is 0.434. The largest absolute Gasteiger partial charge is 0.494 e. The van der Waals surface area contributed by atoms with Crippen LogP contribution in [0.2, 0.25) is 0 Å². The summed E-state index contributed by atoms with van der Waals surface area (Å²) >= 11 is 6.94. The molecule has 1 atom stereocenters. The number of carbonyl (C=O) groups excluding carboxylic acids is 1. The van der Waals surface area contributed by atoms with Gasteiger partial charge in [0, 0.05) is 14.6 Å². The molecule has 0 spiro atoms. The molecule has 0 fully saturated rings. The fourth-order valence-corrected chi connectivity index (χ4v) is 5.37. The zero-order chi connectivity index (χ0) is 25.2. The number of ether oxygens (including phenoxy) is 1. The number of amides is 1. The standard InChI is InChI=1S/C29H25Br2NO4/c1-2-3-4-5-15-35-22-12-9-18(10-13-22)26-25-27(33)23-17-20(31)11-14-24(23)36-28(25)29(34)32(26)21-8-6-7-19(30)16-21/h6-14,16-17,26H,2-5,15H2,1H3. The second-order valence-electron chi connectivity index (χ2n) is 8.85. The van der Waals surface area contributed by atoms with Gasteiger partial charge in [-0.3, -0.25) is 14.5 Å². The van der Waals surface area contributed by atoms with E-state index >= 15 is 0 Å². The second-order valence-corrected chi connectivity index (χ2v) is 10.7. The molecule has 36 heavy (non-hydrogen) atoms. The highest BCUT2D eigenvalue weighted by atomic mass is 79.9. The second kappa shape index (κ2) is 10.6. The molecule has 5 rings (SSSR count). The number of fused-ring (bicyclic) bond motifs is 2. The van der Waals surface area contributed by atoms with E-state index in [9.17, 15) is 9.59 Å². The monoisotopic (exact) mass is 609 g/mol. The van der Waals surface area contributed by atoms with Gasteiger partial charge in [0.2, 0.25) is 5.76 Å². The molecule has 1 aliphatic heterocycles. The van der Waals surface area contributed by atoms with Crippen molar-refractivity contribution in [3.05, 3.63) is 103 Å². The van der Waals surface area contributed by atoms with Crippen LogP contribution in [0.3, 0.4) is 0 Å². The Hall–Kier alpha value is -2.90. The van der Waals surface area contributed by atoms with Crippen LogP contribution in [0.15, 0.2) is 84.9 Å². The molecule has 3 aromatic carbocycles. The number of carbonyl (C=O) groups is 1. The van der Waals surface area contributed by atoms with Gasteiger partial charge in [-0.25, -0.2) is 0 Å². The molecule has 1 aliphatic rings. The maximum atomic E-state index is 13.7. The number of anilines is 1. The van der Waals surface area contributed by atoms with Crippen LogP contribution in [-0.4, -0.2) is 12.5 Å². The van der Waals surface area contributed by atoms with E-state index in [0.29, 0.717) is 28.8 Å². The third-order valence-corrected chi connectivity index (χ3v) is 7.37. The van der Waals surface area contributed by atoms with Crippen molar-refractivity contribution in [2.75, 3.05) is 11.5 Å². The molecule has 4 aromatic rings. The average molecular weight is 611 g/mol. The SMILES string of the molecule is CCCCCCOc1ccc(C2c3c(oc4ccc(Br)cc4c3=O)C(=O)N2c2cccc(Br)c2)cc1. The van der Waals surface area contributed by atoms with Crippen LogP contribution in [-0.2, 0) is 0 Å². The molecule has 1 unspecified atom stereocenters. The maximum absolute atomic E-state index is 13.7. The van der Waals surface area contributed by atoms with Crippen molar-refractivity contribution in [3.8, 4) is 5.75 Å². The predicted molar refractivity (Wildman–Crippen MR) is 149 cm³/mol. The number of halogens is 2. The van der Waals surface area contributed by atoms with Gasteiger partial charge in [0.25, 0.3) is 5.91 Å². The Balaban J connectivity index is 1.58. The summed E-state index contributed by atoms with van der Waals surface area (Å²) in [6, 6.07) is 19.7. The summed E-state index contributed by atoms with van der Waals surface area (Å²) in [4.78, 5) is 29.1. The molecule has 184 valence electrons. The van der Waals surface area contributed by atoms with Crippen molar-refractivity contribution in [1.29, 1.82) is 0 Å². The number of hydrogen-bond acceptors (Lipinski definition) is 4. The Morgan fingerprint density at radius 1 is 0.917 bits per heavy atom. The van der Waals surface area contributed by atoms with Crippen LogP contribution in [0, 0.1) is 0 Å². The normalized spacial score (nSPS) is 14.9. The van der Waals surface area contributed by atoms with E-state index < -0.39 is 6.04 Å².